The largest absolute Gasteiger partial charge is 0.491 e. The number of ether oxygens (including phenoxy) is 1. The fourth-order valence-electron chi connectivity index (χ4n) is 1.79. The molecule has 0 aliphatic heterocycles. The molecule has 0 aliphatic carbocycles. The van der Waals surface area contributed by atoms with Crippen molar-refractivity contribution < 1.29 is 9.84 Å². The quantitative estimate of drug-likeness (QED) is 0.732. The average molecular weight is 251 g/mol. The molecule has 1 atom stereocenters. The maximum Gasteiger partial charge on any atom is 0.120 e. The third-order valence-electron chi connectivity index (χ3n) is 2.72. The van der Waals surface area contributed by atoms with E-state index in [0.717, 1.165) is 24.3 Å². The van der Waals surface area contributed by atoms with Crippen LogP contribution in [0.4, 0.5) is 0 Å². The summed E-state index contributed by atoms with van der Waals surface area (Å²) in [5, 5.41) is 13.7. The highest BCUT2D eigenvalue weighted by Crippen LogP contribution is 2.24. The van der Waals surface area contributed by atoms with Crippen LogP contribution in [-0.2, 0) is 5.60 Å². The third kappa shape index (κ3) is 4.67. The standard InChI is InChI=1S/C15H25NO2/c1-5-9-16-11-15(4,17)13-7-6-8-14(10-13)18-12(2)3/h6-8,10,12,16-17H,5,9,11H2,1-4H3. The number of nitrogens with one attached hydrogen (secondary N) is 1. The van der Waals surface area contributed by atoms with Crippen LogP contribution in [-0.4, -0.2) is 24.3 Å². The van der Waals surface area contributed by atoms with Crippen LogP contribution in [0.1, 0.15) is 39.7 Å². The molecule has 18 heavy (non-hydrogen) atoms. The van der Waals surface area contributed by atoms with E-state index < -0.39 is 5.60 Å². The number of benzene rings is 1. The Labute approximate surface area is 110 Å². The van der Waals surface area contributed by atoms with Crippen LogP contribution >= 0.6 is 0 Å². The molecule has 0 saturated heterocycles. The zero-order valence-corrected chi connectivity index (χ0v) is 11.9. The van der Waals surface area contributed by atoms with E-state index in [0.29, 0.717) is 6.54 Å². The van der Waals surface area contributed by atoms with Crippen molar-refractivity contribution in [1.29, 1.82) is 0 Å². The fraction of sp³-hybridized carbons (Fsp3) is 0.600. The van der Waals surface area contributed by atoms with Gasteiger partial charge in [-0.2, -0.15) is 0 Å². The molecule has 1 unspecified atom stereocenters. The van der Waals surface area contributed by atoms with Gasteiger partial charge in [0.25, 0.3) is 0 Å². The molecule has 102 valence electrons. The summed E-state index contributed by atoms with van der Waals surface area (Å²) in [6, 6.07) is 7.68. The van der Waals surface area contributed by atoms with Gasteiger partial charge in [-0.05, 0) is 51.4 Å². The van der Waals surface area contributed by atoms with Crippen molar-refractivity contribution in [3.63, 3.8) is 0 Å². The third-order valence-corrected chi connectivity index (χ3v) is 2.72. The van der Waals surface area contributed by atoms with Crippen LogP contribution in [0.2, 0.25) is 0 Å². The highest BCUT2D eigenvalue weighted by atomic mass is 16.5. The van der Waals surface area contributed by atoms with Gasteiger partial charge in [0.1, 0.15) is 5.75 Å². The second kappa shape index (κ2) is 6.76. The Bertz CT molecular complexity index is 361. The molecule has 1 rings (SSSR count). The summed E-state index contributed by atoms with van der Waals surface area (Å²) in [7, 11) is 0. The molecule has 0 aromatic heterocycles. The molecule has 3 heteroatoms. The van der Waals surface area contributed by atoms with Crippen LogP contribution in [0.3, 0.4) is 0 Å². The molecule has 0 heterocycles. The van der Waals surface area contributed by atoms with Crippen molar-refractivity contribution in [3.8, 4) is 5.75 Å². The van der Waals surface area contributed by atoms with Crippen molar-refractivity contribution in [2.45, 2.75) is 45.8 Å². The van der Waals surface area contributed by atoms with Crippen molar-refractivity contribution in [2.75, 3.05) is 13.1 Å². The van der Waals surface area contributed by atoms with Gasteiger partial charge in [0, 0.05) is 6.54 Å². The van der Waals surface area contributed by atoms with Gasteiger partial charge in [0.2, 0.25) is 0 Å². The van der Waals surface area contributed by atoms with Gasteiger partial charge in [0.15, 0.2) is 0 Å². The van der Waals surface area contributed by atoms with Crippen molar-refractivity contribution in [2.24, 2.45) is 0 Å². The Morgan fingerprint density at radius 3 is 2.72 bits per heavy atom. The van der Waals surface area contributed by atoms with Crippen LogP contribution in [0.15, 0.2) is 24.3 Å². The van der Waals surface area contributed by atoms with E-state index in [1.807, 2.05) is 45.0 Å². The SMILES string of the molecule is CCCNCC(C)(O)c1cccc(OC(C)C)c1. The predicted octanol–water partition coefficient (Wildman–Crippen LogP) is 2.68. The zero-order chi connectivity index (χ0) is 13.6. The lowest BCUT2D eigenvalue weighted by atomic mass is 9.96. The van der Waals surface area contributed by atoms with E-state index in [1.54, 1.807) is 0 Å². The average Bonchev–Trinajstić information content (AvgIpc) is 2.28. The first kappa shape index (κ1) is 15.0. The molecule has 0 aliphatic rings. The van der Waals surface area contributed by atoms with Gasteiger partial charge in [-0.25, -0.2) is 0 Å². The van der Waals surface area contributed by atoms with Crippen molar-refractivity contribution in [3.05, 3.63) is 29.8 Å². The van der Waals surface area contributed by atoms with Gasteiger partial charge in [-0.1, -0.05) is 19.1 Å². The molecule has 3 nitrogen and oxygen atoms in total. The van der Waals surface area contributed by atoms with E-state index >= 15 is 0 Å². The highest BCUT2D eigenvalue weighted by molar-refractivity contribution is 5.32. The first-order valence-corrected chi connectivity index (χ1v) is 6.66. The number of hydrogen-bond acceptors (Lipinski definition) is 3. The van der Waals surface area contributed by atoms with Crippen molar-refractivity contribution in [1.82, 2.24) is 5.32 Å². The minimum Gasteiger partial charge on any atom is -0.491 e. The fourth-order valence-corrected chi connectivity index (χ4v) is 1.79. The second-order valence-electron chi connectivity index (χ2n) is 5.15. The van der Waals surface area contributed by atoms with Gasteiger partial charge in [-0.3, -0.25) is 0 Å². The van der Waals surface area contributed by atoms with Gasteiger partial charge < -0.3 is 15.2 Å². The lowest BCUT2D eigenvalue weighted by molar-refractivity contribution is 0.0568. The zero-order valence-electron chi connectivity index (χ0n) is 11.9. The molecule has 1 aromatic rings. The summed E-state index contributed by atoms with van der Waals surface area (Å²) < 4.78 is 5.64. The van der Waals surface area contributed by atoms with Crippen LogP contribution < -0.4 is 10.1 Å². The Hall–Kier alpha value is -1.06. The van der Waals surface area contributed by atoms with E-state index in [2.05, 4.69) is 12.2 Å². The predicted molar refractivity (Wildman–Crippen MR) is 74.9 cm³/mol. The lowest BCUT2D eigenvalue weighted by Crippen LogP contribution is -2.35. The Morgan fingerprint density at radius 2 is 2.11 bits per heavy atom. The minimum absolute atomic E-state index is 0.142. The van der Waals surface area contributed by atoms with E-state index in [9.17, 15) is 5.11 Å². The normalized spacial score (nSPS) is 14.6. The van der Waals surface area contributed by atoms with Crippen molar-refractivity contribution >= 4 is 0 Å². The van der Waals surface area contributed by atoms with E-state index in [4.69, 9.17) is 4.74 Å². The van der Waals surface area contributed by atoms with Crippen LogP contribution in [0.25, 0.3) is 0 Å². The topological polar surface area (TPSA) is 41.5 Å². The summed E-state index contributed by atoms with van der Waals surface area (Å²) in [6.07, 6.45) is 1.20. The van der Waals surface area contributed by atoms with Gasteiger partial charge >= 0.3 is 0 Å². The molecular weight excluding hydrogens is 226 g/mol. The maximum absolute atomic E-state index is 10.5. The summed E-state index contributed by atoms with van der Waals surface area (Å²) in [5.74, 6) is 0.804. The monoisotopic (exact) mass is 251 g/mol. The minimum atomic E-state index is -0.870. The molecule has 0 fully saturated rings. The lowest BCUT2D eigenvalue weighted by Gasteiger charge is -2.25. The molecule has 0 bridgehead atoms. The summed E-state index contributed by atoms with van der Waals surface area (Å²) >= 11 is 0. The van der Waals surface area contributed by atoms with E-state index in [-0.39, 0.29) is 6.10 Å². The van der Waals surface area contributed by atoms with Crippen LogP contribution in [0, 0.1) is 0 Å². The maximum atomic E-state index is 10.5. The molecule has 0 amide bonds. The molecular formula is C15H25NO2. The number of rotatable bonds is 7. The van der Waals surface area contributed by atoms with Gasteiger partial charge in [0.05, 0.1) is 11.7 Å². The van der Waals surface area contributed by atoms with Gasteiger partial charge in [-0.15, -0.1) is 0 Å². The Morgan fingerprint density at radius 1 is 1.39 bits per heavy atom. The molecule has 0 spiro atoms. The number of hydrogen-bond donors (Lipinski definition) is 2. The van der Waals surface area contributed by atoms with E-state index in [1.165, 1.54) is 0 Å². The molecule has 1 aromatic carbocycles. The highest BCUT2D eigenvalue weighted by Gasteiger charge is 2.22. The molecule has 0 radical (unpaired) electrons. The number of aliphatic hydroxyl groups is 1. The van der Waals surface area contributed by atoms with Crippen LogP contribution in [0.5, 0.6) is 5.75 Å². The second-order valence-corrected chi connectivity index (χ2v) is 5.15. The summed E-state index contributed by atoms with van der Waals surface area (Å²) in [5.41, 5.74) is 0.00941. The first-order valence-electron chi connectivity index (χ1n) is 6.66. The molecule has 0 saturated carbocycles. The first-order chi connectivity index (χ1) is 8.45. The smallest absolute Gasteiger partial charge is 0.120 e. The molecule has 2 N–H and O–H groups in total. The Balaban J connectivity index is 2.74. The summed E-state index contributed by atoms with van der Waals surface area (Å²) in [6.45, 7) is 9.38. The Kier molecular flexibility index (Phi) is 5.63. The summed E-state index contributed by atoms with van der Waals surface area (Å²) in [4.78, 5) is 0.